The SMILES string of the molecule is Cc1ccc([B-]2(c3ccc(C(F)(F)F)cc3)c3cc(I)sc3-c3sc(I)c[n+]32)cc1.Cc1ccc([B-]2(c3ccc(C(F)(F)F)cc3)c3ccsc3-c3scc[n+]32)cc1. The van der Waals surface area contributed by atoms with Crippen molar-refractivity contribution in [1.29, 1.82) is 0 Å². The van der Waals surface area contributed by atoms with Crippen LogP contribution in [0, 0.1) is 19.6 Å². The molecule has 0 saturated heterocycles. The molecule has 8 aromatic rings. The van der Waals surface area contributed by atoms with Crippen molar-refractivity contribution in [2.24, 2.45) is 0 Å². The average molecular weight is 1080 g/mol. The number of benzene rings is 4. The molecule has 4 aromatic heterocycles. The lowest BCUT2D eigenvalue weighted by Crippen LogP contribution is -2.82. The van der Waals surface area contributed by atoms with E-state index in [1.54, 1.807) is 69.6 Å². The molecule has 2 unspecified atom stereocenters. The molecule has 2 nitrogen and oxygen atoms in total. The zero-order valence-corrected chi connectivity index (χ0v) is 38.0. The quantitative estimate of drug-likeness (QED) is 0.0946. The van der Waals surface area contributed by atoms with E-state index in [0.717, 1.165) is 40.9 Å². The molecule has 0 saturated carbocycles. The summed E-state index contributed by atoms with van der Waals surface area (Å²) in [4.78, 5) is 2.42. The highest BCUT2D eigenvalue weighted by Crippen LogP contribution is 2.38. The molecule has 0 amide bonds. The van der Waals surface area contributed by atoms with E-state index in [2.05, 4.69) is 133 Å². The van der Waals surface area contributed by atoms with E-state index in [9.17, 15) is 26.3 Å². The van der Waals surface area contributed by atoms with Gasteiger partial charge in [0.05, 0.1) is 29.1 Å². The highest BCUT2D eigenvalue weighted by atomic mass is 127. The number of hydrogen-bond donors (Lipinski definition) is 0. The minimum atomic E-state index is -4.35. The first kappa shape index (κ1) is 40.1. The van der Waals surface area contributed by atoms with Crippen molar-refractivity contribution in [2.45, 2.75) is 26.2 Å². The molecular weight excluding hydrogens is 1050 g/mol. The van der Waals surface area contributed by atoms with E-state index in [1.807, 2.05) is 19.2 Å². The lowest BCUT2D eigenvalue weighted by atomic mass is 9.25. The fourth-order valence-corrected chi connectivity index (χ4v) is 14.9. The number of thiophene rings is 2. The van der Waals surface area contributed by atoms with Crippen LogP contribution in [0.25, 0.3) is 19.8 Å². The van der Waals surface area contributed by atoms with Gasteiger partial charge in [-0.3, -0.25) is 0 Å². The summed E-state index contributed by atoms with van der Waals surface area (Å²) in [7, 11) is 0. The van der Waals surface area contributed by atoms with Crippen molar-refractivity contribution in [1.82, 2.24) is 0 Å². The van der Waals surface area contributed by atoms with E-state index < -0.39 is 36.0 Å². The third-order valence-electron chi connectivity index (χ3n) is 11.4. The van der Waals surface area contributed by atoms with E-state index >= 15 is 0 Å². The van der Waals surface area contributed by atoms with Crippen LogP contribution in [0.5, 0.6) is 0 Å². The first-order chi connectivity index (χ1) is 27.6. The fraction of sp³-hybridized carbons (Fsp3) is 0.0952. The molecule has 16 heteroatoms. The van der Waals surface area contributed by atoms with Crippen molar-refractivity contribution in [3.63, 3.8) is 0 Å². The summed E-state index contributed by atoms with van der Waals surface area (Å²) in [6.45, 7) is 4.08. The van der Waals surface area contributed by atoms with Gasteiger partial charge in [-0.25, -0.2) is 0 Å². The summed E-state index contributed by atoms with van der Waals surface area (Å²) < 4.78 is 86.1. The molecule has 0 fully saturated rings. The maximum Gasteiger partial charge on any atom is 0.416 e. The number of thiazole rings is 2. The summed E-state index contributed by atoms with van der Waals surface area (Å²) >= 11 is 11.5. The summed E-state index contributed by atoms with van der Waals surface area (Å²) in [5.41, 5.74) is 7.42. The van der Waals surface area contributed by atoms with Gasteiger partial charge in [0.1, 0.15) is 15.3 Å². The van der Waals surface area contributed by atoms with Crippen LogP contribution in [0.4, 0.5) is 26.3 Å². The molecule has 0 aliphatic carbocycles. The Morgan fingerprint density at radius 2 is 0.983 bits per heavy atom. The van der Waals surface area contributed by atoms with Crippen molar-refractivity contribution < 1.29 is 35.3 Å². The highest BCUT2D eigenvalue weighted by Gasteiger charge is 2.53. The van der Waals surface area contributed by atoms with Crippen molar-refractivity contribution in [3.8, 4) is 19.8 Å². The number of hydrogen-bond acceptors (Lipinski definition) is 4. The predicted octanol–water partition coefficient (Wildman–Crippen LogP) is 9.05. The third kappa shape index (κ3) is 6.37. The molecule has 2 aliphatic rings. The number of nitrogens with zero attached hydrogens (tertiary/aromatic N) is 2. The second-order valence-electron chi connectivity index (χ2n) is 14.6. The molecule has 6 heterocycles. The van der Waals surface area contributed by atoms with E-state index in [-0.39, 0.29) is 0 Å². The molecular formula is C42H28B2F6I2N2S4. The number of alkyl halides is 6. The Labute approximate surface area is 374 Å². The van der Waals surface area contributed by atoms with Crippen LogP contribution in [0.3, 0.4) is 0 Å². The van der Waals surface area contributed by atoms with E-state index in [1.165, 1.54) is 52.8 Å². The maximum absolute atomic E-state index is 13.2. The zero-order chi connectivity index (χ0) is 40.8. The Bertz CT molecular complexity index is 2720. The smallest absolute Gasteiger partial charge is 0.397 e. The molecule has 4 aromatic carbocycles. The second kappa shape index (κ2) is 14.7. The van der Waals surface area contributed by atoms with Gasteiger partial charge in [0.2, 0.25) is 10.0 Å². The van der Waals surface area contributed by atoms with Crippen LogP contribution in [0.2, 0.25) is 0 Å². The molecule has 10 rings (SSSR count). The van der Waals surface area contributed by atoms with Gasteiger partial charge >= 0.3 is 24.9 Å². The van der Waals surface area contributed by atoms with Gasteiger partial charge in [-0.05, 0) is 64.4 Å². The van der Waals surface area contributed by atoms with Crippen molar-refractivity contribution in [2.75, 3.05) is 0 Å². The van der Waals surface area contributed by atoms with Gasteiger partial charge in [0.25, 0.3) is 0 Å². The number of fused-ring (bicyclic) bond motifs is 6. The van der Waals surface area contributed by atoms with Crippen LogP contribution in [-0.2, 0) is 12.4 Å². The Morgan fingerprint density at radius 1 is 0.500 bits per heavy atom. The predicted molar refractivity (Wildman–Crippen MR) is 246 cm³/mol. The Balaban J connectivity index is 0.000000151. The summed E-state index contributed by atoms with van der Waals surface area (Å²) in [5, 5.41) is 6.45. The number of aryl methyl sites for hydroxylation is 2. The Hall–Kier alpha value is -3.29. The number of halogens is 8. The Kier molecular flexibility index (Phi) is 10.2. The van der Waals surface area contributed by atoms with E-state index in [0.29, 0.717) is 0 Å². The van der Waals surface area contributed by atoms with Crippen molar-refractivity contribution >= 4 is 136 Å². The minimum absolute atomic E-state index is 0.620. The minimum Gasteiger partial charge on any atom is -0.397 e. The number of aromatic nitrogens is 2. The Morgan fingerprint density at radius 3 is 1.48 bits per heavy atom. The molecule has 0 spiro atoms. The van der Waals surface area contributed by atoms with Gasteiger partial charge in [0, 0.05) is 0 Å². The van der Waals surface area contributed by atoms with Gasteiger partial charge < -0.3 is 8.96 Å². The van der Waals surface area contributed by atoms with Gasteiger partial charge in [-0.15, -0.1) is 55.5 Å². The van der Waals surface area contributed by atoms with Crippen LogP contribution in [-0.4, -0.2) is 12.6 Å². The zero-order valence-electron chi connectivity index (χ0n) is 30.4. The fourth-order valence-electron chi connectivity index (χ4n) is 8.86. The van der Waals surface area contributed by atoms with E-state index in [4.69, 9.17) is 0 Å². The largest absolute Gasteiger partial charge is 0.416 e. The molecule has 58 heavy (non-hydrogen) atoms. The summed E-state index contributed by atoms with van der Waals surface area (Å²) in [6, 6.07) is 32.5. The third-order valence-corrected chi connectivity index (χ3v) is 17.3. The molecule has 0 radical (unpaired) electrons. The van der Waals surface area contributed by atoms with Crippen LogP contribution >= 0.6 is 90.5 Å². The molecule has 292 valence electrons. The average Bonchev–Trinajstić information content (AvgIpc) is 4.04. The summed E-state index contributed by atoms with van der Waals surface area (Å²) in [5.74, 6) is 0. The lowest BCUT2D eigenvalue weighted by molar-refractivity contribution is -0.519. The van der Waals surface area contributed by atoms with Crippen LogP contribution in [0.15, 0.2) is 132 Å². The maximum atomic E-state index is 13.2. The standard InChI is InChI=1S/C21H13BF3I2NS2.C21H15BF3NS2/c1-12-2-6-14(7-3-12)22(15-8-4-13(5-9-15)21(23,24)25)16-10-17(26)29-19(16)20-28(22)11-18(27)30-20;1-14-2-6-16(7-3-14)22(17-8-4-15(5-9-17)21(23,24)25)18-10-12-27-19(18)20-26(22)11-13-28-20/h2-11H,1H3;2-13H,1H3. The van der Waals surface area contributed by atoms with Gasteiger partial charge in [0.15, 0.2) is 0 Å². The molecule has 0 N–H and O–H groups in total. The summed E-state index contributed by atoms with van der Waals surface area (Å²) in [6.07, 6.45) is -7.66. The second-order valence-corrected chi connectivity index (χ2v) is 22.3. The monoisotopic (exact) mass is 1080 g/mol. The van der Waals surface area contributed by atoms with Crippen LogP contribution in [0.1, 0.15) is 22.3 Å². The highest BCUT2D eigenvalue weighted by molar-refractivity contribution is 14.1. The molecule has 2 aliphatic heterocycles. The lowest BCUT2D eigenvalue weighted by Gasteiger charge is -2.32. The first-order valence-corrected chi connectivity index (χ1v) is 23.6. The topological polar surface area (TPSA) is 7.76 Å². The van der Waals surface area contributed by atoms with Gasteiger partial charge in [-0.1, -0.05) is 143 Å². The van der Waals surface area contributed by atoms with Gasteiger partial charge in [-0.2, -0.15) is 26.3 Å². The van der Waals surface area contributed by atoms with Crippen LogP contribution < -0.4 is 41.7 Å². The first-order valence-electron chi connectivity index (χ1n) is 18.0. The number of rotatable bonds is 4. The van der Waals surface area contributed by atoms with Crippen molar-refractivity contribution in [3.05, 3.63) is 160 Å². The molecule has 0 bridgehead atoms. The molecule has 2 atom stereocenters. The normalized spacial score (nSPS) is 18.0.